The van der Waals surface area contributed by atoms with Gasteiger partial charge < -0.3 is 9.84 Å². The van der Waals surface area contributed by atoms with Crippen molar-refractivity contribution in [1.82, 2.24) is 14.9 Å². The van der Waals surface area contributed by atoms with Gasteiger partial charge in [0.15, 0.2) is 0 Å². The van der Waals surface area contributed by atoms with Crippen molar-refractivity contribution in [3.63, 3.8) is 0 Å². The van der Waals surface area contributed by atoms with Crippen molar-refractivity contribution in [3.8, 4) is 6.01 Å². The van der Waals surface area contributed by atoms with E-state index in [0.717, 1.165) is 24.1 Å². The molecule has 2 heterocycles. The topological polar surface area (TPSA) is 58.5 Å². The van der Waals surface area contributed by atoms with Gasteiger partial charge in [-0.2, -0.15) is 0 Å². The zero-order chi connectivity index (χ0) is 16.9. The van der Waals surface area contributed by atoms with E-state index in [4.69, 9.17) is 4.74 Å². The van der Waals surface area contributed by atoms with Crippen LogP contribution in [0, 0.1) is 11.7 Å². The molecule has 0 radical (unpaired) electrons. The summed E-state index contributed by atoms with van der Waals surface area (Å²) in [6.07, 6.45) is 4.67. The Morgan fingerprint density at radius 1 is 1.29 bits per heavy atom. The standard InChI is InChI=1S/C18H22FN3O2/c1-24-18-20-9-14(10-21-18)11-22-6-5-15(17(23)12-22)7-13-3-2-4-16(19)8-13/h2-4,8-10,15,17,23H,5-7,11-12H2,1H3/t15-,17+/m1/s1. The largest absolute Gasteiger partial charge is 0.467 e. The predicted molar refractivity (Wildman–Crippen MR) is 88.1 cm³/mol. The molecule has 0 unspecified atom stereocenters. The molecule has 24 heavy (non-hydrogen) atoms. The van der Waals surface area contributed by atoms with Crippen molar-refractivity contribution in [1.29, 1.82) is 0 Å². The molecule has 1 saturated heterocycles. The molecule has 1 fully saturated rings. The van der Waals surface area contributed by atoms with Crippen LogP contribution in [0.2, 0.25) is 0 Å². The Morgan fingerprint density at radius 3 is 2.75 bits per heavy atom. The van der Waals surface area contributed by atoms with Crippen molar-refractivity contribution in [3.05, 3.63) is 53.6 Å². The van der Waals surface area contributed by atoms with Gasteiger partial charge in [-0.1, -0.05) is 12.1 Å². The van der Waals surface area contributed by atoms with E-state index >= 15 is 0 Å². The Bertz CT molecular complexity index is 666. The molecule has 5 nitrogen and oxygen atoms in total. The van der Waals surface area contributed by atoms with Crippen molar-refractivity contribution in [2.24, 2.45) is 5.92 Å². The molecule has 6 heteroatoms. The number of hydrogen-bond donors (Lipinski definition) is 1. The van der Waals surface area contributed by atoms with Gasteiger partial charge in [-0.15, -0.1) is 0 Å². The molecule has 1 aromatic heterocycles. The van der Waals surface area contributed by atoms with Gasteiger partial charge in [0.2, 0.25) is 0 Å². The smallest absolute Gasteiger partial charge is 0.316 e. The number of rotatable bonds is 5. The van der Waals surface area contributed by atoms with Crippen LogP contribution in [0.1, 0.15) is 17.5 Å². The number of β-amino-alcohol motifs (C(OH)–C–C–N with tert-alkyl or cyclic N) is 1. The molecule has 1 aromatic carbocycles. The average Bonchev–Trinajstić information content (AvgIpc) is 2.58. The number of ether oxygens (including phenoxy) is 1. The lowest BCUT2D eigenvalue weighted by molar-refractivity contribution is 0.0186. The third kappa shape index (κ3) is 4.27. The van der Waals surface area contributed by atoms with E-state index in [-0.39, 0.29) is 11.7 Å². The molecule has 0 amide bonds. The Kier molecular flexibility index (Phi) is 5.37. The number of likely N-dealkylation sites (tertiary alicyclic amines) is 1. The molecule has 2 atom stereocenters. The van der Waals surface area contributed by atoms with Crippen molar-refractivity contribution in [2.75, 3.05) is 20.2 Å². The number of nitrogens with zero attached hydrogens (tertiary/aromatic N) is 3. The third-order valence-corrected chi connectivity index (χ3v) is 4.46. The van der Waals surface area contributed by atoms with Crippen molar-refractivity contribution in [2.45, 2.75) is 25.5 Å². The summed E-state index contributed by atoms with van der Waals surface area (Å²) >= 11 is 0. The molecular formula is C18H22FN3O2. The van der Waals surface area contributed by atoms with E-state index in [1.165, 1.54) is 13.2 Å². The minimum Gasteiger partial charge on any atom is -0.467 e. The fraction of sp³-hybridized carbons (Fsp3) is 0.444. The van der Waals surface area contributed by atoms with Crippen LogP contribution in [-0.4, -0.2) is 46.3 Å². The maximum Gasteiger partial charge on any atom is 0.316 e. The van der Waals surface area contributed by atoms with Gasteiger partial charge in [-0.05, 0) is 43.0 Å². The summed E-state index contributed by atoms with van der Waals surface area (Å²) in [4.78, 5) is 10.4. The Morgan fingerprint density at radius 2 is 2.08 bits per heavy atom. The summed E-state index contributed by atoms with van der Waals surface area (Å²) in [6, 6.07) is 6.98. The van der Waals surface area contributed by atoms with Crippen LogP contribution in [0.15, 0.2) is 36.7 Å². The van der Waals surface area contributed by atoms with Crippen molar-refractivity contribution >= 4 is 0 Å². The fourth-order valence-corrected chi connectivity index (χ4v) is 3.18. The van der Waals surface area contributed by atoms with Gasteiger partial charge in [-0.25, -0.2) is 14.4 Å². The number of methoxy groups -OCH3 is 1. The fourth-order valence-electron chi connectivity index (χ4n) is 3.18. The van der Waals surface area contributed by atoms with Gasteiger partial charge in [0.25, 0.3) is 0 Å². The highest BCUT2D eigenvalue weighted by atomic mass is 19.1. The Labute approximate surface area is 141 Å². The highest BCUT2D eigenvalue weighted by Crippen LogP contribution is 2.23. The number of aromatic nitrogens is 2. The minimum absolute atomic E-state index is 0.162. The van der Waals surface area contributed by atoms with Crippen LogP contribution >= 0.6 is 0 Å². The number of piperidine rings is 1. The van der Waals surface area contributed by atoms with Crippen LogP contribution in [0.4, 0.5) is 4.39 Å². The molecule has 2 aromatic rings. The zero-order valence-corrected chi connectivity index (χ0v) is 13.7. The van der Waals surface area contributed by atoms with Crippen LogP contribution in [-0.2, 0) is 13.0 Å². The highest BCUT2D eigenvalue weighted by molar-refractivity contribution is 5.17. The number of hydrogen-bond acceptors (Lipinski definition) is 5. The molecule has 3 rings (SSSR count). The molecule has 1 aliphatic rings. The first-order chi connectivity index (χ1) is 11.6. The quantitative estimate of drug-likeness (QED) is 0.909. The first-order valence-corrected chi connectivity index (χ1v) is 8.14. The maximum absolute atomic E-state index is 13.3. The molecule has 0 aliphatic carbocycles. The van der Waals surface area contributed by atoms with Crippen LogP contribution in [0.5, 0.6) is 6.01 Å². The summed E-state index contributed by atoms with van der Waals surface area (Å²) < 4.78 is 18.2. The van der Waals surface area contributed by atoms with Crippen LogP contribution < -0.4 is 4.74 Å². The SMILES string of the molecule is COc1ncc(CN2CC[C@H](Cc3cccc(F)c3)[C@@H](O)C2)cn1. The second kappa shape index (κ2) is 7.68. The molecule has 0 bridgehead atoms. The predicted octanol–water partition coefficient (Wildman–Crippen LogP) is 2.05. The summed E-state index contributed by atoms with van der Waals surface area (Å²) in [5, 5.41) is 10.4. The normalized spacial score (nSPS) is 21.6. The highest BCUT2D eigenvalue weighted by Gasteiger charge is 2.27. The van der Waals surface area contributed by atoms with Gasteiger partial charge in [0.05, 0.1) is 13.2 Å². The van der Waals surface area contributed by atoms with Crippen LogP contribution in [0.3, 0.4) is 0 Å². The molecule has 0 saturated carbocycles. The Balaban J connectivity index is 1.54. The number of benzene rings is 1. The summed E-state index contributed by atoms with van der Waals surface area (Å²) in [5.41, 5.74) is 1.93. The maximum atomic E-state index is 13.3. The average molecular weight is 331 g/mol. The molecule has 128 valence electrons. The lowest BCUT2D eigenvalue weighted by atomic mass is 9.87. The van der Waals surface area contributed by atoms with E-state index in [2.05, 4.69) is 14.9 Å². The summed E-state index contributed by atoms with van der Waals surface area (Å²) in [5.74, 6) is -0.0610. The van der Waals surface area contributed by atoms with E-state index in [0.29, 0.717) is 25.5 Å². The summed E-state index contributed by atoms with van der Waals surface area (Å²) in [6.45, 7) is 2.20. The molecule has 1 N–H and O–H groups in total. The number of halogens is 1. The lowest BCUT2D eigenvalue weighted by Gasteiger charge is -2.36. The molecular weight excluding hydrogens is 309 g/mol. The minimum atomic E-state index is -0.416. The number of aliphatic hydroxyl groups is 1. The van der Waals surface area contributed by atoms with E-state index < -0.39 is 6.10 Å². The van der Waals surface area contributed by atoms with Crippen molar-refractivity contribution < 1.29 is 14.2 Å². The second-order valence-electron chi connectivity index (χ2n) is 6.26. The van der Waals surface area contributed by atoms with E-state index in [9.17, 15) is 9.50 Å². The molecule has 1 aliphatic heterocycles. The van der Waals surface area contributed by atoms with Gasteiger partial charge in [0.1, 0.15) is 5.82 Å². The monoisotopic (exact) mass is 331 g/mol. The molecule has 0 spiro atoms. The zero-order valence-electron chi connectivity index (χ0n) is 13.7. The van der Waals surface area contributed by atoms with Gasteiger partial charge in [0, 0.05) is 31.0 Å². The third-order valence-electron chi connectivity index (χ3n) is 4.46. The lowest BCUT2D eigenvalue weighted by Crippen LogP contribution is -2.44. The van der Waals surface area contributed by atoms with E-state index in [1.807, 2.05) is 6.07 Å². The van der Waals surface area contributed by atoms with Gasteiger partial charge >= 0.3 is 6.01 Å². The van der Waals surface area contributed by atoms with E-state index in [1.54, 1.807) is 24.5 Å². The Hall–Kier alpha value is -2.05. The van der Waals surface area contributed by atoms with Crippen LogP contribution in [0.25, 0.3) is 0 Å². The first kappa shape index (κ1) is 16.8. The second-order valence-corrected chi connectivity index (χ2v) is 6.26. The first-order valence-electron chi connectivity index (χ1n) is 8.14. The summed E-state index contributed by atoms with van der Waals surface area (Å²) in [7, 11) is 1.54. The van der Waals surface area contributed by atoms with Gasteiger partial charge in [-0.3, -0.25) is 4.90 Å². The number of aliphatic hydroxyl groups excluding tert-OH is 1.